The van der Waals surface area contributed by atoms with Gasteiger partial charge in [0.25, 0.3) is 0 Å². The van der Waals surface area contributed by atoms with Crippen LogP contribution in [0.1, 0.15) is 11.3 Å². The maximum absolute atomic E-state index is 8.70. The highest BCUT2D eigenvalue weighted by molar-refractivity contribution is 14.1. The van der Waals surface area contributed by atoms with Crippen LogP contribution in [0.25, 0.3) is 0 Å². The molecule has 2 heterocycles. The summed E-state index contributed by atoms with van der Waals surface area (Å²) in [4.78, 5) is 0. The number of rotatable bonds is 2. The summed E-state index contributed by atoms with van der Waals surface area (Å²) in [7, 11) is 0. The van der Waals surface area contributed by atoms with Gasteiger partial charge in [-0.15, -0.1) is 0 Å². The van der Waals surface area contributed by atoms with E-state index in [1.807, 2.05) is 12.1 Å². The number of aromatic nitrogens is 3. The van der Waals surface area contributed by atoms with Crippen molar-refractivity contribution in [1.29, 1.82) is 5.26 Å². The molecular weight excluding hydrogens is 295 g/mol. The van der Waals surface area contributed by atoms with Crippen molar-refractivity contribution < 1.29 is 4.52 Å². The molecule has 0 unspecified atom stereocenters. The van der Waals surface area contributed by atoms with Crippen molar-refractivity contribution >= 4 is 22.6 Å². The van der Waals surface area contributed by atoms with E-state index < -0.39 is 0 Å². The fourth-order valence-corrected chi connectivity index (χ4v) is 1.51. The molecule has 0 aliphatic rings. The topological polar surface area (TPSA) is 67.6 Å². The first-order valence-electron chi connectivity index (χ1n) is 3.82. The lowest BCUT2D eigenvalue weighted by atomic mass is 10.3. The van der Waals surface area contributed by atoms with Crippen molar-refractivity contribution in [3.8, 4) is 6.07 Å². The standard InChI is InChI=1S/C8H5IN4O/c9-8-1-2-11-13(8)4-6-5-14-12-7(6)3-10/h1-2,5H,4H2. The van der Waals surface area contributed by atoms with E-state index in [0.29, 0.717) is 12.2 Å². The molecule has 0 fully saturated rings. The molecule has 0 N–H and O–H groups in total. The van der Waals surface area contributed by atoms with Crippen molar-refractivity contribution in [2.24, 2.45) is 0 Å². The molecule has 2 rings (SSSR count). The maximum atomic E-state index is 8.70. The Hall–Kier alpha value is -1.36. The van der Waals surface area contributed by atoms with Crippen LogP contribution >= 0.6 is 22.6 Å². The highest BCUT2D eigenvalue weighted by Crippen LogP contribution is 2.10. The smallest absolute Gasteiger partial charge is 0.188 e. The second-order valence-corrected chi connectivity index (χ2v) is 3.72. The van der Waals surface area contributed by atoms with Crippen LogP contribution in [-0.2, 0) is 6.54 Å². The summed E-state index contributed by atoms with van der Waals surface area (Å²) in [6, 6.07) is 3.85. The normalized spacial score (nSPS) is 10.0. The van der Waals surface area contributed by atoms with Crippen LogP contribution in [0.2, 0.25) is 0 Å². The van der Waals surface area contributed by atoms with E-state index in [4.69, 9.17) is 9.78 Å². The van der Waals surface area contributed by atoms with E-state index in [0.717, 1.165) is 9.26 Å². The monoisotopic (exact) mass is 300 g/mol. The maximum Gasteiger partial charge on any atom is 0.188 e. The van der Waals surface area contributed by atoms with Crippen LogP contribution in [0.3, 0.4) is 0 Å². The number of hydrogen-bond donors (Lipinski definition) is 0. The molecule has 0 saturated carbocycles. The van der Waals surface area contributed by atoms with Gasteiger partial charge in [-0.25, -0.2) is 0 Å². The average molecular weight is 300 g/mol. The zero-order valence-electron chi connectivity index (χ0n) is 7.01. The van der Waals surface area contributed by atoms with Crippen LogP contribution in [0.15, 0.2) is 23.0 Å². The summed E-state index contributed by atoms with van der Waals surface area (Å²) in [6.07, 6.45) is 3.18. The molecule has 14 heavy (non-hydrogen) atoms. The van der Waals surface area contributed by atoms with E-state index in [1.165, 1.54) is 6.26 Å². The minimum atomic E-state index is 0.316. The Kier molecular flexibility index (Phi) is 2.49. The minimum Gasteiger partial charge on any atom is -0.363 e. The van der Waals surface area contributed by atoms with E-state index in [1.54, 1.807) is 10.9 Å². The minimum absolute atomic E-state index is 0.316. The van der Waals surface area contributed by atoms with Crippen LogP contribution in [0.4, 0.5) is 0 Å². The molecule has 0 radical (unpaired) electrons. The van der Waals surface area contributed by atoms with E-state index in [-0.39, 0.29) is 0 Å². The zero-order valence-corrected chi connectivity index (χ0v) is 9.17. The van der Waals surface area contributed by atoms with Crippen molar-refractivity contribution in [2.75, 3.05) is 0 Å². The Morgan fingerprint density at radius 1 is 1.64 bits per heavy atom. The molecule has 0 atom stereocenters. The molecule has 70 valence electrons. The van der Waals surface area contributed by atoms with Crippen LogP contribution in [0, 0.1) is 15.0 Å². The van der Waals surface area contributed by atoms with Gasteiger partial charge in [-0.1, -0.05) is 5.16 Å². The van der Waals surface area contributed by atoms with Crippen LogP contribution in [-0.4, -0.2) is 14.9 Å². The molecule has 0 aliphatic heterocycles. The third-order valence-electron chi connectivity index (χ3n) is 1.73. The first kappa shape index (κ1) is 9.21. The molecule has 0 amide bonds. The zero-order chi connectivity index (χ0) is 9.97. The second-order valence-electron chi connectivity index (χ2n) is 2.61. The number of hydrogen-bond acceptors (Lipinski definition) is 4. The molecule has 0 aliphatic carbocycles. The molecule has 0 saturated heterocycles. The predicted octanol–water partition coefficient (Wildman–Crippen LogP) is 1.40. The summed E-state index contributed by atoms with van der Waals surface area (Å²) in [5.41, 5.74) is 1.06. The molecule has 0 bridgehead atoms. The number of nitriles is 1. The van der Waals surface area contributed by atoms with E-state index >= 15 is 0 Å². The van der Waals surface area contributed by atoms with Gasteiger partial charge in [0, 0.05) is 0 Å². The van der Waals surface area contributed by atoms with Crippen LogP contribution < -0.4 is 0 Å². The Bertz CT molecular complexity index is 481. The van der Waals surface area contributed by atoms with Crippen LogP contribution in [0.5, 0.6) is 0 Å². The van der Waals surface area contributed by atoms with Gasteiger partial charge >= 0.3 is 0 Å². The Morgan fingerprint density at radius 3 is 3.14 bits per heavy atom. The lowest BCUT2D eigenvalue weighted by Gasteiger charge is -1.99. The fraction of sp³-hybridized carbons (Fsp3) is 0.125. The first-order valence-corrected chi connectivity index (χ1v) is 4.90. The fourth-order valence-electron chi connectivity index (χ4n) is 1.06. The first-order chi connectivity index (χ1) is 6.81. The largest absolute Gasteiger partial charge is 0.363 e. The van der Waals surface area contributed by atoms with Crippen molar-refractivity contribution in [1.82, 2.24) is 14.9 Å². The Balaban J connectivity index is 2.28. The van der Waals surface area contributed by atoms with E-state index in [2.05, 4.69) is 32.8 Å². The summed E-state index contributed by atoms with van der Waals surface area (Å²) in [5.74, 6) is 0. The van der Waals surface area contributed by atoms with Gasteiger partial charge in [0.15, 0.2) is 5.69 Å². The lowest BCUT2D eigenvalue weighted by molar-refractivity contribution is 0.416. The van der Waals surface area contributed by atoms with Crippen molar-refractivity contribution in [3.05, 3.63) is 33.5 Å². The highest BCUT2D eigenvalue weighted by atomic mass is 127. The summed E-state index contributed by atoms with van der Waals surface area (Å²) >= 11 is 2.17. The summed E-state index contributed by atoms with van der Waals surface area (Å²) < 4.78 is 7.49. The summed E-state index contributed by atoms with van der Waals surface area (Å²) in [5, 5.41) is 16.4. The van der Waals surface area contributed by atoms with Gasteiger partial charge < -0.3 is 4.52 Å². The number of nitrogens with zero attached hydrogens (tertiary/aromatic N) is 4. The van der Waals surface area contributed by atoms with Crippen molar-refractivity contribution in [3.63, 3.8) is 0 Å². The lowest BCUT2D eigenvalue weighted by Crippen LogP contribution is -2.03. The van der Waals surface area contributed by atoms with Gasteiger partial charge in [0.05, 0.1) is 22.0 Å². The van der Waals surface area contributed by atoms with Gasteiger partial charge in [-0.05, 0) is 28.7 Å². The third kappa shape index (κ3) is 1.63. The summed E-state index contributed by atoms with van der Waals surface area (Å²) in [6.45, 7) is 0.512. The van der Waals surface area contributed by atoms with E-state index in [9.17, 15) is 0 Å². The van der Waals surface area contributed by atoms with Gasteiger partial charge in [0.2, 0.25) is 0 Å². The predicted molar refractivity (Wildman–Crippen MR) is 55.3 cm³/mol. The molecule has 6 heteroatoms. The van der Waals surface area contributed by atoms with Gasteiger partial charge in [-0.3, -0.25) is 4.68 Å². The van der Waals surface area contributed by atoms with Crippen molar-refractivity contribution in [2.45, 2.75) is 6.54 Å². The number of halogens is 1. The quantitative estimate of drug-likeness (QED) is 0.786. The second kappa shape index (κ2) is 3.79. The highest BCUT2D eigenvalue weighted by Gasteiger charge is 2.08. The molecule has 0 spiro atoms. The molecular formula is C8H5IN4O. The molecule has 5 nitrogen and oxygen atoms in total. The average Bonchev–Trinajstić information content (AvgIpc) is 2.77. The Labute approximate surface area is 93.4 Å². The Morgan fingerprint density at radius 2 is 2.50 bits per heavy atom. The van der Waals surface area contributed by atoms with Gasteiger partial charge in [0.1, 0.15) is 12.3 Å². The SMILES string of the molecule is N#Cc1nocc1Cn1nccc1I. The molecule has 2 aromatic rings. The third-order valence-corrected chi connectivity index (χ3v) is 2.65. The molecule has 2 aromatic heterocycles. The van der Waals surface area contributed by atoms with Gasteiger partial charge in [-0.2, -0.15) is 10.4 Å². The molecule has 0 aromatic carbocycles.